The quantitative estimate of drug-likeness (QED) is 0.318. The second kappa shape index (κ2) is 8.64. The van der Waals surface area contributed by atoms with Crippen LogP contribution in [0.25, 0.3) is 0 Å². The largest absolute Gasteiger partial charge is 0.495 e. The van der Waals surface area contributed by atoms with Crippen molar-refractivity contribution in [2.45, 2.75) is 0 Å². The highest BCUT2D eigenvalue weighted by molar-refractivity contribution is 6.35. The molecule has 1 aliphatic rings. The van der Waals surface area contributed by atoms with Crippen LogP contribution < -0.4 is 9.64 Å². The fourth-order valence-electron chi connectivity index (χ4n) is 3.38. The summed E-state index contributed by atoms with van der Waals surface area (Å²) in [6.45, 7) is -0.514. The lowest BCUT2D eigenvalue weighted by Crippen LogP contribution is -2.29. The molecule has 8 heteroatoms. The lowest BCUT2D eigenvalue weighted by Gasteiger charge is -2.16. The molecule has 0 unspecified atom stereocenters. The van der Waals surface area contributed by atoms with Gasteiger partial charge >= 0.3 is 5.97 Å². The number of imide groups is 1. The molecule has 0 radical (unpaired) electrons. The maximum Gasteiger partial charge on any atom is 0.338 e. The number of ketones is 1. The Bertz CT molecular complexity index is 1270. The molecule has 32 heavy (non-hydrogen) atoms. The number of methoxy groups -OCH3 is 1. The molecule has 0 fully saturated rings. The van der Waals surface area contributed by atoms with Crippen molar-refractivity contribution in [3.63, 3.8) is 0 Å². The lowest BCUT2D eigenvalue weighted by atomic mass is 10.1. The first-order valence-electron chi connectivity index (χ1n) is 9.53. The fourth-order valence-corrected chi connectivity index (χ4v) is 3.62. The topological polar surface area (TPSA) is 90.0 Å². The van der Waals surface area contributed by atoms with Gasteiger partial charge < -0.3 is 9.47 Å². The first-order valence-corrected chi connectivity index (χ1v) is 9.91. The number of amides is 2. The molecule has 7 nitrogen and oxygen atoms in total. The van der Waals surface area contributed by atoms with Crippen molar-refractivity contribution in [3.05, 3.63) is 94.0 Å². The average Bonchev–Trinajstić information content (AvgIpc) is 3.06. The Balaban J connectivity index is 1.54. The summed E-state index contributed by atoms with van der Waals surface area (Å²) in [5.41, 5.74) is 0.802. The fraction of sp³-hybridized carbons (Fsp3) is 0.0833. The predicted molar refractivity (Wildman–Crippen MR) is 117 cm³/mol. The van der Waals surface area contributed by atoms with Crippen molar-refractivity contribution in [3.8, 4) is 5.75 Å². The van der Waals surface area contributed by atoms with Crippen molar-refractivity contribution in [2.24, 2.45) is 0 Å². The van der Waals surface area contributed by atoms with Crippen LogP contribution in [-0.4, -0.2) is 37.3 Å². The Morgan fingerprint density at radius 2 is 1.59 bits per heavy atom. The summed E-state index contributed by atoms with van der Waals surface area (Å²) in [6.07, 6.45) is 0. The number of halogens is 1. The van der Waals surface area contributed by atoms with Gasteiger partial charge in [0.05, 0.1) is 34.5 Å². The van der Waals surface area contributed by atoms with Crippen LogP contribution in [0.2, 0.25) is 5.02 Å². The zero-order chi connectivity index (χ0) is 22.8. The van der Waals surface area contributed by atoms with Crippen LogP contribution in [0.15, 0.2) is 66.7 Å². The van der Waals surface area contributed by atoms with Gasteiger partial charge in [0.2, 0.25) is 5.78 Å². The molecule has 1 heterocycles. The number of benzene rings is 3. The van der Waals surface area contributed by atoms with Gasteiger partial charge in [0, 0.05) is 5.56 Å². The molecule has 0 aromatic heterocycles. The third-order valence-corrected chi connectivity index (χ3v) is 5.29. The van der Waals surface area contributed by atoms with E-state index in [1.54, 1.807) is 42.5 Å². The van der Waals surface area contributed by atoms with E-state index in [1.807, 2.05) is 0 Å². The Kier molecular flexibility index (Phi) is 5.75. The number of rotatable bonds is 6. The highest BCUT2D eigenvalue weighted by Crippen LogP contribution is 2.35. The Hall–Kier alpha value is -3.97. The van der Waals surface area contributed by atoms with E-state index in [0.29, 0.717) is 11.4 Å². The molecule has 0 atom stereocenters. The number of fused-ring (bicyclic) bond motifs is 1. The normalized spacial score (nSPS) is 12.5. The number of esters is 1. The van der Waals surface area contributed by atoms with Gasteiger partial charge in [-0.05, 0) is 42.5 Å². The number of nitrogens with zero attached hydrogens (tertiary/aromatic N) is 1. The zero-order valence-electron chi connectivity index (χ0n) is 16.8. The van der Waals surface area contributed by atoms with Crippen LogP contribution in [-0.2, 0) is 4.74 Å². The predicted octanol–water partition coefficient (Wildman–Crippen LogP) is 4.19. The minimum atomic E-state index is -0.802. The average molecular weight is 450 g/mol. The summed E-state index contributed by atoms with van der Waals surface area (Å²) in [5, 5.41) is 0.256. The van der Waals surface area contributed by atoms with Crippen LogP contribution in [0.1, 0.15) is 41.4 Å². The molecule has 3 aromatic carbocycles. The SMILES string of the molecule is COc1ccccc1N1C(=O)c2ccc(C(=O)OCC(=O)c3ccccc3Cl)cc2C1=O. The van der Waals surface area contributed by atoms with E-state index in [4.69, 9.17) is 21.1 Å². The molecule has 4 rings (SSSR count). The molecule has 0 aliphatic carbocycles. The van der Waals surface area contributed by atoms with Gasteiger partial charge in [0.1, 0.15) is 5.75 Å². The summed E-state index contributed by atoms with van der Waals surface area (Å²) in [6, 6.07) is 17.1. The van der Waals surface area contributed by atoms with E-state index in [9.17, 15) is 19.2 Å². The van der Waals surface area contributed by atoms with Crippen LogP contribution in [0, 0.1) is 0 Å². The van der Waals surface area contributed by atoms with Crippen LogP contribution in [0.3, 0.4) is 0 Å². The van der Waals surface area contributed by atoms with Gasteiger partial charge in [-0.3, -0.25) is 14.4 Å². The number of hydrogen-bond donors (Lipinski definition) is 0. The minimum Gasteiger partial charge on any atom is -0.495 e. The Morgan fingerprint density at radius 1 is 0.906 bits per heavy atom. The summed E-state index contributed by atoms with van der Waals surface area (Å²) in [4.78, 5) is 51.5. The van der Waals surface area contributed by atoms with Gasteiger partial charge in [-0.15, -0.1) is 0 Å². The molecule has 0 spiro atoms. The van der Waals surface area contributed by atoms with Crippen molar-refractivity contribution in [1.29, 1.82) is 0 Å². The molecule has 0 saturated carbocycles. The molecule has 3 aromatic rings. The number of Topliss-reactive ketones (excluding diaryl/α,β-unsaturated/α-hetero) is 1. The van der Waals surface area contributed by atoms with E-state index in [0.717, 1.165) is 4.90 Å². The van der Waals surface area contributed by atoms with E-state index in [2.05, 4.69) is 0 Å². The van der Waals surface area contributed by atoms with Gasteiger partial charge in [0.25, 0.3) is 11.8 Å². The maximum absolute atomic E-state index is 13.0. The third kappa shape index (κ3) is 3.74. The first-order chi connectivity index (χ1) is 15.4. The first kappa shape index (κ1) is 21.3. The van der Waals surface area contributed by atoms with Crippen molar-refractivity contribution in [2.75, 3.05) is 18.6 Å². The van der Waals surface area contributed by atoms with E-state index in [-0.39, 0.29) is 27.3 Å². The molecular formula is C24H16ClNO6. The number of ether oxygens (including phenoxy) is 2. The van der Waals surface area contributed by atoms with Gasteiger partial charge in [-0.2, -0.15) is 0 Å². The van der Waals surface area contributed by atoms with Gasteiger partial charge in [-0.25, -0.2) is 9.69 Å². The van der Waals surface area contributed by atoms with Crippen molar-refractivity contribution < 1.29 is 28.7 Å². The molecule has 0 bridgehead atoms. The highest BCUT2D eigenvalue weighted by atomic mass is 35.5. The summed E-state index contributed by atoms with van der Waals surface area (Å²) < 4.78 is 10.3. The number of carbonyl (C=O) groups is 4. The second-order valence-electron chi connectivity index (χ2n) is 6.86. The van der Waals surface area contributed by atoms with Gasteiger partial charge in [-0.1, -0.05) is 35.9 Å². The molecule has 160 valence electrons. The number of para-hydroxylation sites is 2. The van der Waals surface area contributed by atoms with Crippen molar-refractivity contribution in [1.82, 2.24) is 0 Å². The number of hydrogen-bond acceptors (Lipinski definition) is 6. The monoisotopic (exact) mass is 449 g/mol. The van der Waals surface area contributed by atoms with E-state index < -0.39 is 30.2 Å². The maximum atomic E-state index is 13.0. The second-order valence-corrected chi connectivity index (χ2v) is 7.26. The lowest BCUT2D eigenvalue weighted by molar-refractivity contribution is 0.0474. The highest BCUT2D eigenvalue weighted by Gasteiger charge is 2.38. The third-order valence-electron chi connectivity index (χ3n) is 4.96. The summed E-state index contributed by atoms with van der Waals surface area (Å²) >= 11 is 5.99. The smallest absolute Gasteiger partial charge is 0.338 e. The van der Waals surface area contributed by atoms with Crippen LogP contribution in [0.4, 0.5) is 5.69 Å². The number of carbonyl (C=O) groups excluding carboxylic acids is 4. The number of anilines is 1. The molecule has 0 N–H and O–H groups in total. The Labute approximate surface area is 188 Å². The molecule has 0 saturated heterocycles. The minimum absolute atomic E-state index is 0.0405. The van der Waals surface area contributed by atoms with E-state index >= 15 is 0 Å². The molecule has 1 aliphatic heterocycles. The summed E-state index contributed by atoms with van der Waals surface area (Å²) in [7, 11) is 1.44. The van der Waals surface area contributed by atoms with Gasteiger partial charge in [0.15, 0.2) is 6.61 Å². The standard InChI is InChI=1S/C24H16ClNO6/c1-31-21-9-5-4-8-19(21)26-22(28)15-11-10-14(12-17(15)23(26)29)24(30)32-13-20(27)16-6-2-3-7-18(16)25/h2-12H,13H2,1H3. The molecule has 2 amide bonds. The van der Waals surface area contributed by atoms with Crippen LogP contribution in [0.5, 0.6) is 5.75 Å². The summed E-state index contributed by atoms with van der Waals surface area (Å²) in [5.74, 6) is -2.01. The Morgan fingerprint density at radius 3 is 2.34 bits per heavy atom. The molecular weight excluding hydrogens is 434 g/mol. The van der Waals surface area contributed by atoms with Crippen molar-refractivity contribution >= 4 is 40.9 Å². The van der Waals surface area contributed by atoms with E-state index in [1.165, 1.54) is 31.4 Å². The zero-order valence-corrected chi connectivity index (χ0v) is 17.6. The van der Waals surface area contributed by atoms with Crippen LogP contribution >= 0.6 is 11.6 Å².